The van der Waals surface area contributed by atoms with E-state index >= 15 is 0 Å². The highest BCUT2D eigenvalue weighted by molar-refractivity contribution is 6.22. The Hall–Kier alpha value is -0.750. The molecule has 1 atom stereocenters. The molecule has 1 heteroatoms. The van der Waals surface area contributed by atoms with E-state index in [1.165, 1.54) is 23.1 Å². The van der Waals surface area contributed by atoms with Crippen LogP contribution in [0.4, 0.5) is 0 Å². The summed E-state index contributed by atoms with van der Waals surface area (Å²) in [5, 5.41) is 0.272. The van der Waals surface area contributed by atoms with Crippen LogP contribution in [0.5, 0.6) is 0 Å². The van der Waals surface area contributed by atoms with Gasteiger partial charge in [-0.25, -0.2) is 0 Å². The monoisotopic (exact) mass is 206 g/mol. The SMILES string of the molecule is Cc1ccccc1CC1=CC(Cl)CC1. The lowest BCUT2D eigenvalue weighted by molar-refractivity contribution is 0.890. The van der Waals surface area contributed by atoms with E-state index in [2.05, 4.69) is 37.3 Å². The van der Waals surface area contributed by atoms with E-state index in [0.29, 0.717) is 0 Å². The maximum absolute atomic E-state index is 6.04. The van der Waals surface area contributed by atoms with E-state index in [0.717, 1.165) is 12.8 Å². The molecule has 0 fully saturated rings. The van der Waals surface area contributed by atoms with E-state index < -0.39 is 0 Å². The molecule has 14 heavy (non-hydrogen) atoms. The molecule has 1 unspecified atom stereocenters. The lowest BCUT2D eigenvalue weighted by Crippen LogP contribution is -1.90. The molecular formula is C13H15Cl. The average Bonchev–Trinajstić information content (AvgIpc) is 2.56. The van der Waals surface area contributed by atoms with Gasteiger partial charge in [0.15, 0.2) is 0 Å². The fraction of sp³-hybridized carbons (Fsp3) is 0.385. The van der Waals surface area contributed by atoms with Gasteiger partial charge in [-0.15, -0.1) is 11.6 Å². The van der Waals surface area contributed by atoms with Gasteiger partial charge in [-0.3, -0.25) is 0 Å². The number of aryl methyl sites for hydroxylation is 1. The van der Waals surface area contributed by atoms with Gasteiger partial charge in [0.25, 0.3) is 0 Å². The smallest absolute Gasteiger partial charge is 0.0521 e. The summed E-state index contributed by atoms with van der Waals surface area (Å²) >= 11 is 6.04. The zero-order chi connectivity index (χ0) is 9.97. The van der Waals surface area contributed by atoms with Crippen molar-refractivity contribution in [1.29, 1.82) is 0 Å². The Morgan fingerprint density at radius 3 is 2.79 bits per heavy atom. The maximum atomic E-state index is 6.04. The molecule has 0 radical (unpaired) electrons. The lowest BCUT2D eigenvalue weighted by atomic mass is 10.0. The first-order valence-electron chi connectivity index (χ1n) is 5.14. The summed E-state index contributed by atoms with van der Waals surface area (Å²) in [5.74, 6) is 0. The Labute approximate surface area is 90.6 Å². The number of rotatable bonds is 2. The number of alkyl halides is 1. The summed E-state index contributed by atoms with van der Waals surface area (Å²) in [6, 6.07) is 8.57. The molecule has 0 saturated heterocycles. The predicted octanol–water partition coefficient (Wildman–Crippen LogP) is 3.87. The zero-order valence-corrected chi connectivity index (χ0v) is 9.22. The summed E-state index contributed by atoms with van der Waals surface area (Å²) < 4.78 is 0. The number of hydrogen-bond donors (Lipinski definition) is 0. The fourth-order valence-corrected chi connectivity index (χ4v) is 2.23. The zero-order valence-electron chi connectivity index (χ0n) is 8.46. The van der Waals surface area contributed by atoms with Crippen LogP contribution in [0.1, 0.15) is 24.0 Å². The molecule has 0 nitrogen and oxygen atoms in total. The first-order chi connectivity index (χ1) is 6.75. The molecule has 0 aliphatic heterocycles. The van der Waals surface area contributed by atoms with E-state index in [1.54, 1.807) is 0 Å². The van der Waals surface area contributed by atoms with E-state index in [-0.39, 0.29) is 5.38 Å². The van der Waals surface area contributed by atoms with Crippen molar-refractivity contribution in [3.05, 3.63) is 47.0 Å². The second-order valence-corrected chi connectivity index (χ2v) is 4.54. The van der Waals surface area contributed by atoms with Gasteiger partial charge in [0, 0.05) is 0 Å². The van der Waals surface area contributed by atoms with Crippen LogP contribution in [0.3, 0.4) is 0 Å². The van der Waals surface area contributed by atoms with E-state index in [1.807, 2.05) is 0 Å². The first kappa shape index (κ1) is 9.79. The van der Waals surface area contributed by atoms with Crippen molar-refractivity contribution in [3.8, 4) is 0 Å². The maximum Gasteiger partial charge on any atom is 0.0521 e. The number of hydrogen-bond acceptors (Lipinski definition) is 0. The Balaban J connectivity index is 2.12. The van der Waals surface area contributed by atoms with Crippen LogP contribution in [-0.4, -0.2) is 5.38 Å². The molecule has 0 bridgehead atoms. The summed E-state index contributed by atoms with van der Waals surface area (Å²) in [5.41, 5.74) is 4.32. The normalized spacial score (nSPS) is 21.0. The van der Waals surface area contributed by atoms with Crippen molar-refractivity contribution in [3.63, 3.8) is 0 Å². The van der Waals surface area contributed by atoms with Crippen LogP contribution in [0.15, 0.2) is 35.9 Å². The van der Waals surface area contributed by atoms with Crippen molar-refractivity contribution < 1.29 is 0 Å². The van der Waals surface area contributed by atoms with Crippen molar-refractivity contribution in [2.45, 2.75) is 31.6 Å². The molecule has 2 rings (SSSR count). The molecular weight excluding hydrogens is 192 g/mol. The molecule has 1 aromatic carbocycles. The van der Waals surface area contributed by atoms with Gasteiger partial charge in [-0.1, -0.05) is 35.9 Å². The molecule has 0 spiro atoms. The van der Waals surface area contributed by atoms with Crippen molar-refractivity contribution >= 4 is 11.6 Å². The van der Waals surface area contributed by atoms with Crippen molar-refractivity contribution in [1.82, 2.24) is 0 Å². The standard InChI is InChI=1S/C13H15Cl/c1-10-4-2-3-5-12(10)8-11-6-7-13(14)9-11/h2-5,9,13H,6-8H2,1H3. The van der Waals surface area contributed by atoms with E-state index in [4.69, 9.17) is 11.6 Å². The highest BCUT2D eigenvalue weighted by Gasteiger charge is 2.13. The van der Waals surface area contributed by atoms with Gasteiger partial charge < -0.3 is 0 Å². The van der Waals surface area contributed by atoms with E-state index in [9.17, 15) is 0 Å². The molecule has 1 aromatic rings. The summed E-state index contributed by atoms with van der Waals surface area (Å²) in [4.78, 5) is 0. The van der Waals surface area contributed by atoms with Crippen molar-refractivity contribution in [2.24, 2.45) is 0 Å². The first-order valence-corrected chi connectivity index (χ1v) is 5.57. The third-order valence-corrected chi connectivity index (χ3v) is 3.18. The Kier molecular flexibility index (Phi) is 2.93. The van der Waals surface area contributed by atoms with Gasteiger partial charge >= 0.3 is 0 Å². The molecule has 0 saturated carbocycles. The van der Waals surface area contributed by atoms with Gasteiger partial charge in [0.2, 0.25) is 0 Å². The fourth-order valence-electron chi connectivity index (χ4n) is 1.95. The molecule has 0 aromatic heterocycles. The van der Waals surface area contributed by atoms with Crippen LogP contribution in [0, 0.1) is 6.92 Å². The second-order valence-electron chi connectivity index (χ2n) is 3.98. The van der Waals surface area contributed by atoms with Gasteiger partial charge in [-0.2, -0.15) is 0 Å². The number of halogens is 1. The Morgan fingerprint density at radius 1 is 1.36 bits per heavy atom. The van der Waals surface area contributed by atoms with Crippen LogP contribution >= 0.6 is 11.6 Å². The Morgan fingerprint density at radius 2 is 2.14 bits per heavy atom. The van der Waals surface area contributed by atoms with Crippen LogP contribution < -0.4 is 0 Å². The van der Waals surface area contributed by atoms with Crippen LogP contribution in [0.2, 0.25) is 0 Å². The second kappa shape index (κ2) is 4.18. The molecule has 1 aliphatic rings. The van der Waals surface area contributed by atoms with Crippen molar-refractivity contribution in [2.75, 3.05) is 0 Å². The minimum atomic E-state index is 0.272. The number of allylic oxidation sites excluding steroid dienone is 2. The molecule has 0 amide bonds. The third kappa shape index (κ3) is 2.19. The Bertz CT molecular complexity index is 352. The van der Waals surface area contributed by atoms with Crippen LogP contribution in [-0.2, 0) is 6.42 Å². The lowest BCUT2D eigenvalue weighted by Gasteiger charge is -2.05. The largest absolute Gasteiger partial charge is 0.118 e. The average molecular weight is 207 g/mol. The van der Waals surface area contributed by atoms with Crippen LogP contribution in [0.25, 0.3) is 0 Å². The summed E-state index contributed by atoms with van der Waals surface area (Å²) in [6.45, 7) is 2.17. The van der Waals surface area contributed by atoms with Gasteiger partial charge in [-0.05, 0) is 37.3 Å². The molecule has 0 N–H and O–H groups in total. The molecule has 74 valence electrons. The number of benzene rings is 1. The minimum absolute atomic E-state index is 0.272. The van der Waals surface area contributed by atoms with Gasteiger partial charge in [0.05, 0.1) is 5.38 Å². The summed E-state index contributed by atoms with van der Waals surface area (Å²) in [7, 11) is 0. The molecule has 1 aliphatic carbocycles. The topological polar surface area (TPSA) is 0 Å². The summed E-state index contributed by atoms with van der Waals surface area (Å²) in [6.07, 6.45) is 5.58. The third-order valence-electron chi connectivity index (χ3n) is 2.84. The minimum Gasteiger partial charge on any atom is -0.118 e. The highest BCUT2D eigenvalue weighted by atomic mass is 35.5. The predicted molar refractivity (Wildman–Crippen MR) is 61.8 cm³/mol. The quantitative estimate of drug-likeness (QED) is 0.509. The highest BCUT2D eigenvalue weighted by Crippen LogP contribution is 2.26. The molecule has 0 heterocycles. The van der Waals surface area contributed by atoms with Gasteiger partial charge in [0.1, 0.15) is 0 Å².